The molecule has 3 rings (SSSR count). The van der Waals surface area contributed by atoms with E-state index in [9.17, 15) is 9.18 Å². The molecule has 2 amide bonds. The molecule has 2 aromatic rings. The van der Waals surface area contributed by atoms with Gasteiger partial charge in [-0.25, -0.2) is 14.2 Å². The molecule has 0 spiro atoms. The first-order valence-electron chi connectivity index (χ1n) is 10.4. The monoisotopic (exact) mass is 497 g/mol. The van der Waals surface area contributed by atoms with Crippen molar-refractivity contribution >= 4 is 40.7 Å². The van der Waals surface area contributed by atoms with Gasteiger partial charge in [0, 0.05) is 54.2 Å². The minimum Gasteiger partial charge on any atom is -0.482 e. The van der Waals surface area contributed by atoms with Crippen molar-refractivity contribution in [1.29, 1.82) is 0 Å². The quantitative estimate of drug-likeness (QED) is 0.478. The number of halogens is 3. The predicted molar refractivity (Wildman–Crippen MR) is 127 cm³/mol. The highest BCUT2D eigenvalue weighted by atomic mass is 35.5. The molecule has 8 nitrogen and oxygen atoms in total. The third-order valence-corrected chi connectivity index (χ3v) is 5.82. The lowest BCUT2D eigenvalue weighted by atomic mass is 10.1. The van der Waals surface area contributed by atoms with Crippen LogP contribution < -0.4 is 21.1 Å². The van der Waals surface area contributed by atoms with Crippen LogP contribution in [-0.2, 0) is 4.74 Å². The molecule has 1 fully saturated rings. The fourth-order valence-electron chi connectivity index (χ4n) is 3.29. The van der Waals surface area contributed by atoms with Crippen molar-refractivity contribution in [3.63, 3.8) is 0 Å². The number of benzene rings is 1. The number of carbonyl (C=O) groups is 1. The third kappa shape index (κ3) is 6.70. The summed E-state index contributed by atoms with van der Waals surface area (Å²) in [5, 5.41) is 5.60. The van der Waals surface area contributed by atoms with E-state index in [0.29, 0.717) is 36.6 Å². The Bertz CT molecular complexity index is 1020. The lowest BCUT2D eigenvalue weighted by molar-refractivity contribution is 0.0387. The highest BCUT2D eigenvalue weighted by Gasteiger charge is 2.20. The Hall–Kier alpha value is -2.59. The second kappa shape index (κ2) is 11.5. The van der Waals surface area contributed by atoms with Crippen LogP contribution >= 0.6 is 23.2 Å². The zero-order chi connectivity index (χ0) is 24.0. The van der Waals surface area contributed by atoms with E-state index in [1.54, 1.807) is 13.0 Å². The van der Waals surface area contributed by atoms with Gasteiger partial charge in [0.05, 0.1) is 18.2 Å². The molecule has 0 radical (unpaired) electrons. The minimum absolute atomic E-state index is 0.108. The molecule has 1 saturated heterocycles. The highest BCUT2D eigenvalue weighted by Crippen LogP contribution is 2.36. The number of nitrogens with two attached hydrogens (primary N) is 1. The van der Waals surface area contributed by atoms with Crippen LogP contribution in [0.15, 0.2) is 31.0 Å². The van der Waals surface area contributed by atoms with Crippen molar-refractivity contribution in [2.75, 3.05) is 45.1 Å². The summed E-state index contributed by atoms with van der Waals surface area (Å²) in [4.78, 5) is 18.5. The molecule has 1 unspecified atom stereocenters. The van der Waals surface area contributed by atoms with E-state index < -0.39 is 11.9 Å². The third-order valence-electron chi connectivity index (χ3n) is 5.10. The van der Waals surface area contributed by atoms with Crippen molar-refractivity contribution in [1.82, 2.24) is 20.5 Å². The van der Waals surface area contributed by atoms with Crippen LogP contribution in [0.25, 0.3) is 5.70 Å². The van der Waals surface area contributed by atoms with Gasteiger partial charge in [-0.2, -0.15) is 0 Å². The molecule has 1 aliphatic rings. The SMILES string of the molecule is C=C(NC(=O)NCCN1CCOCC1)c1cnc(N)c(OC(C)c2c(Cl)ccc(F)c2Cl)c1. The van der Waals surface area contributed by atoms with Gasteiger partial charge in [-0.1, -0.05) is 29.8 Å². The summed E-state index contributed by atoms with van der Waals surface area (Å²) in [6, 6.07) is 3.77. The number of hydrogen-bond acceptors (Lipinski definition) is 6. The van der Waals surface area contributed by atoms with Crippen LogP contribution in [0.2, 0.25) is 10.0 Å². The van der Waals surface area contributed by atoms with Crippen molar-refractivity contribution < 1.29 is 18.7 Å². The Morgan fingerprint density at radius 2 is 2.12 bits per heavy atom. The average Bonchev–Trinajstić information content (AvgIpc) is 2.78. The number of nitrogens with zero attached hydrogens (tertiary/aromatic N) is 2. The van der Waals surface area contributed by atoms with E-state index in [1.807, 2.05) is 0 Å². The molecule has 1 aromatic carbocycles. The Balaban J connectivity index is 1.60. The Labute approximate surface area is 201 Å². The smallest absolute Gasteiger partial charge is 0.319 e. The molecule has 1 aromatic heterocycles. The first-order chi connectivity index (χ1) is 15.8. The van der Waals surface area contributed by atoms with Crippen LogP contribution in [-0.4, -0.2) is 55.3 Å². The minimum atomic E-state index is -0.718. The second-order valence-corrected chi connectivity index (χ2v) is 8.22. The van der Waals surface area contributed by atoms with Crippen LogP contribution in [0.5, 0.6) is 5.75 Å². The maximum Gasteiger partial charge on any atom is 0.319 e. The summed E-state index contributed by atoms with van der Waals surface area (Å²) >= 11 is 12.2. The Morgan fingerprint density at radius 3 is 2.85 bits per heavy atom. The lowest BCUT2D eigenvalue weighted by Crippen LogP contribution is -2.43. The summed E-state index contributed by atoms with van der Waals surface area (Å²) < 4.78 is 25.0. The van der Waals surface area contributed by atoms with Gasteiger partial charge in [-0.15, -0.1) is 0 Å². The lowest BCUT2D eigenvalue weighted by Gasteiger charge is -2.26. The zero-order valence-corrected chi connectivity index (χ0v) is 19.7. The molecule has 11 heteroatoms. The average molecular weight is 498 g/mol. The normalized spacial score (nSPS) is 15.0. The number of ether oxygens (including phenoxy) is 2. The number of anilines is 1. The number of hydrogen-bond donors (Lipinski definition) is 3. The van der Waals surface area contributed by atoms with Crippen LogP contribution in [0, 0.1) is 5.82 Å². The standard InChI is InChI=1S/C22H26Cl2FN5O3/c1-13(29-22(31)27-5-6-30-7-9-32-10-8-30)15-11-18(21(26)28-12-15)33-14(2)19-16(23)3-4-17(25)20(19)24/h3-4,11-12,14H,1,5-10H2,2H3,(H2,26,28)(H2,27,29,31). The van der Waals surface area contributed by atoms with E-state index in [0.717, 1.165) is 19.6 Å². The number of amides is 2. The second-order valence-electron chi connectivity index (χ2n) is 7.44. The maximum atomic E-state index is 13.9. The van der Waals surface area contributed by atoms with Crippen molar-refractivity contribution in [2.45, 2.75) is 13.0 Å². The first-order valence-corrected chi connectivity index (χ1v) is 11.1. The van der Waals surface area contributed by atoms with Crippen molar-refractivity contribution in [2.24, 2.45) is 0 Å². The molecule has 0 aliphatic carbocycles. The zero-order valence-electron chi connectivity index (χ0n) is 18.2. The topological polar surface area (TPSA) is 102 Å². The van der Waals surface area contributed by atoms with E-state index >= 15 is 0 Å². The predicted octanol–water partition coefficient (Wildman–Crippen LogP) is 3.85. The highest BCUT2D eigenvalue weighted by molar-refractivity contribution is 6.36. The molecule has 1 aliphatic heterocycles. The van der Waals surface area contributed by atoms with Gasteiger partial charge in [-0.3, -0.25) is 4.90 Å². The number of urea groups is 1. The van der Waals surface area contributed by atoms with Crippen LogP contribution in [0.1, 0.15) is 24.2 Å². The molecular formula is C22H26Cl2FN5O3. The van der Waals surface area contributed by atoms with Crippen molar-refractivity contribution in [3.8, 4) is 5.75 Å². The van der Waals surface area contributed by atoms with Gasteiger partial charge in [0.15, 0.2) is 11.6 Å². The van der Waals surface area contributed by atoms with Gasteiger partial charge in [0.2, 0.25) is 0 Å². The summed E-state index contributed by atoms with van der Waals surface area (Å²) in [6.07, 6.45) is 0.746. The van der Waals surface area contributed by atoms with Gasteiger partial charge in [0.1, 0.15) is 11.9 Å². The number of carbonyl (C=O) groups excluding carboxylic acids is 1. The number of nitrogens with one attached hydrogen (secondary N) is 2. The van der Waals surface area contributed by atoms with Gasteiger partial charge in [0.25, 0.3) is 0 Å². The number of morpholine rings is 1. The van der Waals surface area contributed by atoms with Crippen LogP contribution in [0.4, 0.5) is 15.0 Å². The van der Waals surface area contributed by atoms with E-state index in [-0.39, 0.29) is 27.6 Å². The molecule has 178 valence electrons. The first kappa shape index (κ1) is 25.0. The number of aromatic nitrogens is 1. The summed E-state index contributed by atoms with van der Waals surface area (Å²) in [5.41, 5.74) is 7.03. The fraction of sp³-hybridized carbons (Fsp3) is 0.364. The maximum absolute atomic E-state index is 13.9. The number of pyridine rings is 1. The van der Waals surface area contributed by atoms with Gasteiger partial charge in [-0.05, 0) is 25.1 Å². The molecule has 2 heterocycles. The summed E-state index contributed by atoms with van der Waals surface area (Å²) in [7, 11) is 0. The fourth-order valence-corrected chi connectivity index (χ4v) is 3.96. The van der Waals surface area contributed by atoms with E-state index in [2.05, 4.69) is 27.1 Å². The molecule has 0 bridgehead atoms. The van der Waals surface area contributed by atoms with Gasteiger partial charge < -0.3 is 25.8 Å². The van der Waals surface area contributed by atoms with Crippen LogP contribution in [0.3, 0.4) is 0 Å². The Morgan fingerprint density at radius 1 is 1.39 bits per heavy atom. The Kier molecular flexibility index (Phi) is 8.74. The molecular weight excluding hydrogens is 472 g/mol. The molecule has 33 heavy (non-hydrogen) atoms. The molecule has 4 N–H and O–H groups in total. The molecule has 1 atom stereocenters. The summed E-state index contributed by atoms with van der Waals surface area (Å²) in [6.45, 7) is 9.86. The van der Waals surface area contributed by atoms with E-state index in [4.69, 9.17) is 38.4 Å². The van der Waals surface area contributed by atoms with Gasteiger partial charge >= 0.3 is 6.03 Å². The van der Waals surface area contributed by atoms with Crippen molar-refractivity contribution in [3.05, 3.63) is 58.0 Å². The molecule has 0 saturated carbocycles. The largest absolute Gasteiger partial charge is 0.482 e. The van der Waals surface area contributed by atoms with E-state index in [1.165, 1.54) is 18.3 Å². The summed E-state index contributed by atoms with van der Waals surface area (Å²) in [5.74, 6) is -0.285. The number of nitrogen functional groups attached to an aromatic ring is 1. The number of rotatable bonds is 8.